The maximum absolute atomic E-state index is 12.8. The molecular formula is C18H18ClNO4. The number of halogens is 1. The van der Waals surface area contributed by atoms with E-state index < -0.39 is 0 Å². The minimum atomic E-state index is -0.277. The fourth-order valence-electron chi connectivity index (χ4n) is 2.79. The second-order valence-corrected chi connectivity index (χ2v) is 5.81. The average Bonchev–Trinajstić information content (AvgIpc) is 2.62. The van der Waals surface area contributed by atoms with Crippen LogP contribution in [0.4, 0.5) is 5.69 Å². The lowest BCUT2D eigenvalue weighted by Gasteiger charge is -2.25. The molecule has 6 heteroatoms. The van der Waals surface area contributed by atoms with Crippen LogP contribution in [-0.2, 0) is 4.79 Å². The molecule has 0 bridgehead atoms. The number of nitrogens with one attached hydrogen (secondary N) is 1. The van der Waals surface area contributed by atoms with Gasteiger partial charge in [-0.15, -0.1) is 0 Å². The summed E-state index contributed by atoms with van der Waals surface area (Å²) in [5, 5.41) is 3.34. The van der Waals surface area contributed by atoms with E-state index in [1.165, 1.54) is 14.2 Å². The fourth-order valence-corrected chi connectivity index (χ4v) is 3.02. The van der Waals surface area contributed by atoms with Gasteiger partial charge in [0.05, 0.1) is 37.5 Å². The Kier molecular flexibility index (Phi) is 4.81. The van der Waals surface area contributed by atoms with Crippen LogP contribution in [0.25, 0.3) is 0 Å². The van der Waals surface area contributed by atoms with Gasteiger partial charge in [0.25, 0.3) is 0 Å². The van der Waals surface area contributed by atoms with E-state index in [0.717, 1.165) is 11.3 Å². The van der Waals surface area contributed by atoms with Crippen LogP contribution in [0.1, 0.15) is 17.9 Å². The molecule has 24 heavy (non-hydrogen) atoms. The summed E-state index contributed by atoms with van der Waals surface area (Å²) in [7, 11) is 3.05. The molecule has 1 aliphatic heterocycles. The van der Waals surface area contributed by atoms with E-state index in [0.29, 0.717) is 35.2 Å². The van der Waals surface area contributed by atoms with Crippen LogP contribution in [0.3, 0.4) is 0 Å². The van der Waals surface area contributed by atoms with Crippen molar-refractivity contribution in [2.75, 3.05) is 26.1 Å². The Morgan fingerprint density at radius 3 is 2.71 bits per heavy atom. The predicted molar refractivity (Wildman–Crippen MR) is 92.5 cm³/mol. The van der Waals surface area contributed by atoms with Gasteiger partial charge in [-0.25, -0.2) is 0 Å². The normalized spacial score (nSPS) is 15.9. The molecule has 0 saturated heterocycles. The van der Waals surface area contributed by atoms with Gasteiger partial charge >= 0.3 is 0 Å². The van der Waals surface area contributed by atoms with E-state index in [4.69, 9.17) is 25.8 Å². The molecule has 1 N–H and O–H groups in total. The Hall–Kier alpha value is -2.40. The fraction of sp³-hybridized carbons (Fsp3) is 0.278. The second kappa shape index (κ2) is 7.01. The van der Waals surface area contributed by atoms with Crippen LogP contribution in [0.2, 0.25) is 5.02 Å². The number of amides is 1. The van der Waals surface area contributed by atoms with E-state index in [1.54, 1.807) is 12.1 Å². The van der Waals surface area contributed by atoms with Gasteiger partial charge < -0.3 is 19.5 Å². The van der Waals surface area contributed by atoms with Crippen LogP contribution >= 0.6 is 11.6 Å². The minimum Gasteiger partial charge on any atom is -0.495 e. The summed E-state index contributed by atoms with van der Waals surface area (Å²) in [6, 6.07) is 10.9. The molecule has 1 amide bonds. The highest BCUT2D eigenvalue weighted by atomic mass is 35.5. The maximum atomic E-state index is 12.8. The second-order valence-electron chi connectivity index (χ2n) is 5.40. The minimum absolute atomic E-state index is 0.117. The van der Waals surface area contributed by atoms with E-state index in [9.17, 15) is 4.79 Å². The lowest BCUT2D eigenvalue weighted by atomic mass is 9.92. The largest absolute Gasteiger partial charge is 0.495 e. The van der Waals surface area contributed by atoms with Crippen LogP contribution < -0.4 is 19.5 Å². The Balaban J connectivity index is 1.88. The first-order valence-corrected chi connectivity index (χ1v) is 7.96. The molecule has 0 fully saturated rings. The number of carbonyl (C=O) groups is 1. The van der Waals surface area contributed by atoms with Crippen molar-refractivity contribution < 1.29 is 19.0 Å². The first-order valence-electron chi connectivity index (χ1n) is 7.58. The zero-order valence-electron chi connectivity index (χ0n) is 13.5. The molecule has 0 spiro atoms. The monoisotopic (exact) mass is 347 g/mol. The van der Waals surface area contributed by atoms with Crippen LogP contribution in [-0.4, -0.2) is 26.7 Å². The summed E-state index contributed by atoms with van der Waals surface area (Å²) in [6.45, 7) is 0.510. The van der Waals surface area contributed by atoms with Gasteiger partial charge in [0.1, 0.15) is 17.2 Å². The molecule has 0 aliphatic carbocycles. The van der Waals surface area contributed by atoms with Gasteiger partial charge in [0.2, 0.25) is 5.91 Å². The molecule has 0 saturated carbocycles. The third-order valence-corrected chi connectivity index (χ3v) is 4.30. The van der Waals surface area contributed by atoms with Gasteiger partial charge in [-0.3, -0.25) is 4.79 Å². The summed E-state index contributed by atoms with van der Waals surface area (Å²) in [4.78, 5) is 12.8. The SMILES string of the molecule is COc1cc(NC(=O)C2CCOc3ccccc32)c(OC)cc1Cl. The summed E-state index contributed by atoms with van der Waals surface area (Å²) >= 11 is 6.10. The molecule has 1 unspecified atom stereocenters. The Bertz CT molecular complexity index is 763. The first kappa shape index (κ1) is 16.5. The van der Waals surface area contributed by atoms with E-state index in [-0.39, 0.29) is 11.8 Å². The van der Waals surface area contributed by atoms with Crippen molar-refractivity contribution in [3.05, 3.63) is 47.0 Å². The highest BCUT2D eigenvalue weighted by Gasteiger charge is 2.28. The number of methoxy groups -OCH3 is 2. The molecule has 3 rings (SSSR count). The molecule has 0 aromatic heterocycles. The summed E-state index contributed by atoms with van der Waals surface area (Å²) in [5.74, 6) is 1.31. The summed E-state index contributed by atoms with van der Waals surface area (Å²) in [5.41, 5.74) is 1.41. The molecule has 0 radical (unpaired) electrons. The first-order chi connectivity index (χ1) is 11.6. The number of benzene rings is 2. The topological polar surface area (TPSA) is 56.8 Å². The van der Waals surface area contributed by atoms with Crippen LogP contribution in [0.15, 0.2) is 36.4 Å². The molecular weight excluding hydrogens is 330 g/mol. The third kappa shape index (κ3) is 3.12. The van der Waals surface area contributed by atoms with Crippen molar-refractivity contribution in [2.45, 2.75) is 12.3 Å². The van der Waals surface area contributed by atoms with Crippen LogP contribution in [0.5, 0.6) is 17.2 Å². The number of hydrogen-bond acceptors (Lipinski definition) is 4. The van der Waals surface area contributed by atoms with Gasteiger partial charge in [0, 0.05) is 17.7 Å². The molecule has 2 aromatic carbocycles. The summed E-state index contributed by atoms with van der Waals surface area (Å²) in [6.07, 6.45) is 0.621. The predicted octanol–water partition coefficient (Wildman–Crippen LogP) is 3.86. The quantitative estimate of drug-likeness (QED) is 0.912. The van der Waals surface area contributed by atoms with Crippen molar-refractivity contribution in [2.24, 2.45) is 0 Å². The van der Waals surface area contributed by atoms with Crippen molar-refractivity contribution in [1.29, 1.82) is 0 Å². The Morgan fingerprint density at radius 1 is 1.21 bits per heavy atom. The Morgan fingerprint density at radius 2 is 1.96 bits per heavy atom. The smallest absolute Gasteiger partial charge is 0.232 e. The van der Waals surface area contributed by atoms with Gasteiger partial charge in [-0.1, -0.05) is 29.8 Å². The molecule has 5 nitrogen and oxygen atoms in total. The zero-order valence-corrected chi connectivity index (χ0v) is 14.2. The third-order valence-electron chi connectivity index (χ3n) is 4.01. The van der Waals surface area contributed by atoms with Crippen molar-refractivity contribution in [1.82, 2.24) is 0 Å². The highest BCUT2D eigenvalue weighted by molar-refractivity contribution is 6.32. The van der Waals surface area contributed by atoms with E-state index in [2.05, 4.69) is 5.32 Å². The number of hydrogen-bond donors (Lipinski definition) is 1. The summed E-state index contributed by atoms with van der Waals surface area (Å²) < 4.78 is 16.1. The number of fused-ring (bicyclic) bond motifs is 1. The highest BCUT2D eigenvalue weighted by Crippen LogP contribution is 2.38. The molecule has 2 aromatic rings. The standard InChI is InChI=1S/C18H18ClNO4/c1-22-16-10-14(17(23-2)9-13(16)19)20-18(21)12-7-8-24-15-6-4-3-5-11(12)15/h3-6,9-10,12H,7-8H2,1-2H3,(H,20,21). The average molecular weight is 348 g/mol. The lowest BCUT2D eigenvalue weighted by molar-refractivity contribution is -0.118. The number of carbonyl (C=O) groups excluding carboxylic acids is 1. The van der Waals surface area contributed by atoms with E-state index in [1.807, 2.05) is 24.3 Å². The van der Waals surface area contributed by atoms with Crippen LogP contribution in [0, 0.1) is 0 Å². The number of ether oxygens (including phenoxy) is 3. The molecule has 1 heterocycles. The van der Waals surface area contributed by atoms with Gasteiger partial charge in [0.15, 0.2) is 0 Å². The van der Waals surface area contributed by atoms with Gasteiger partial charge in [-0.2, -0.15) is 0 Å². The number of anilines is 1. The van der Waals surface area contributed by atoms with Crippen molar-refractivity contribution in [3.8, 4) is 17.2 Å². The molecule has 1 atom stereocenters. The zero-order chi connectivity index (χ0) is 17.1. The lowest BCUT2D eigenvalue weighted by Crippen LogP contribution is -2.26. The molecule has 1 aliphatic rings. The maximum Gasteiger partial charge on any atom is 0.232 e. The van der Waals surface area contributed by atoms with E-state index >= 15 is 0 Å². The Labute approximate surface area is 145 Å². The number of para-hydroxylation sites is 1. The van der Waals surface area contributed by atoms with Crippen molar-refractivity contribution >= 4 is 23.2 Å². The van der Waals surface area contributed by atoms with Gasteiger partial charge in [-0.05, 0) is 12.5 Å². The number of rotatable bonds is 4. The molecule has 126 valence electrons. The van der Waals surface area contributed by atoms with Crippen molar-refractivity contribution in [3.63, 3.8) is 0 Å².